The smallest absolute Gasteiger partial charge is 0.292 e. The minimum atomic E-state index is -0.462. The van der Waals surface area contributed by atoms with Gasteiger partial charge in [-0.1, -0.05) is 18.2 Å². The minimum absolute atomic E-state index is 0.0480. The second-order valence-electron chi connectivity index (χ2n) is 5.06. The molecule has 1 heterocycles. The third-order valence-corrected chi connectivity index (χ3v) is 3.56. The van der Waals surface area contributed by atoms with E-state index in [1.807, 2.05) is 24.3 Å². The van der Waals surface area contributed by atoms with Crippen molar-refractivity contribution in [2.45, 2.75) is 0 Å². The Kier molecular flexibility index (Phi) is 3.95. The van der Waals surface area contributed by atoms with Gasteiger partial charge in [-0.3, -0.25) is 10.1 Å². The number of imidazole rings is 1. The van der Waals surface area contributed by atoms with E-state index in [4.69, 9.17) is 0 Å². The van der Waals surface area contributed by atoms with Crippen molar-refractivity contribution in [2.75, 3.05) is 12.4 Å². The first-order chi connectivity index (χ1) is 11.6. The molecule has 3 rings (SSSR count). The first-order valence-electron chi connectivity index (χ1n) is 7.15. The summed E-state index contributed by atoms with van der Waals surface area (Å²) in [5, 5.41) is 23.3. The summed E-state index contributed by atoms with van der Waals surface area (Å²) in [5.74, 6) is 0.430. The second-order valence-corrected chi connectivity index (χ2v) is 5.06. The van der Waals surface area contributed by atoms with Gasteiger partial charge in [-0.2, -0.15) is 5.26 Å². The number of fused-ring (bicyclic) bond motifs is 1. The van der Waals surface area contributed by atoms with Crippen molar-refractivity contribution in [3.63, 3.8) is 0 Å². The maximum atomic E-state index is 11.1. The van der Waals surface area contributed by atoms with E-state index in [-0.39, 0.29) is 5.69 Å². The SMILES string of the molecule is CNc1ccc(C=C(C#N)c2nc3ccccc3[nH]2)cc1[N+](=O)[O-]. The van der Waals surface area contributed by atoms with Gasteiger partial charge >= 0.3 is 0 Å². The first kappa shape index (κ1) is 15.2. The van der Waals surface area contributed by atoms with Crippen molar-refractivity contribution in [1.29, 1.82) is 5.26 Å². The highest BCUT2D eigenvalue weighted by molar-refractivity contribution is 5.90. The Morgan fingerprint density at radius 2 is 2.17 bits per heavy atom. The van der Waals surface area contributed by atoms with Crippen LogP contribution < -0.4 is 5.32 Å². The number of nitrogens with zero attached hydrogens (tertiary/aromatic N) is 3. The van der Waals surface area contributed by atoms with Crippen molar-refractivity contribution in [3.05, 3.63) is 64.0 Å². The Balaban J connectivity index is 2.06. The summed E-state index contributed by atoms with van der Waals surface area (Å²) in [6.45, 7) is 0. The van der Waals surface area contributed by atoms with E-state index in [0.717, 1.165) is 11.0 Å². The van der Waals surface area contributed by atoms with Gasteiger partial charge < -0.3 is 10.3 Å². The van der Waals surface area contributed by atoms with Gasteiger partial charge in [-0.25, -0.2) is 4.98 Å². The molecule has 1 aromatic heterocycles. The Bertz CT molecular complexity index is 965. The highest BCUT2D eigenvalue weighted by Crippen LogP contribution is 2.27. The summed E-state index contributed by atoms with van der Waals surface area (Å²) in [4.78, 5) is 18.1. The average molecular weight is 319 g/mol. The number of para-hydroxylation sites is 2. The summed E-state index contributed by atoms with van der Waals surface area (Å²) in [6.07, 6.45) is 1.57. The highest BCUT2D eigenvalue weighted by Gasteiger charge is 2.14. The third kappa shape index (κ3) is 2.80. The standard InChI is InChI=1S/C17H13N5O2/c1-19-15-7-6-11(9-16(15)22(23)24)8-12(10-18)17-20-13-4-2-3-5-14(13)21-17/h2-9,19H,1H3,(H,20,21). The molecule has 0 fully saturated rings. The lowest BCUT2D eigenvalue weighted by Gasteiger charge is -2.03. The lowest BCUT2D eigenvalue weighted by Crippen LogP contribution is -1.96. The number of anilines is 1. The van der Waals surface area contributed by atoms with Crippen LogP contribution in [0.2, 0.25) is 0 Å². The molecule has 0 bridgehead atoms. The lowest BCUT2D eigenvalue weighted by molar-refractivity contribution is -0.383. The lowest BCUT2D eigenvalue weighted by atomic mass is 10.1. The number of benzene rings is 2. The Labute approximate surface area is 137 Å². The molecule has 0 spiro atoms. The number of nitro benzene ring substituents is 1. The van der Waals surface area contributed by atoms with E-state index in [1.165, 1.54) is 6.07 Å². The van der Waals surface area contributed by atoms with Gasteiger partial charge in [-0.05, 0) is 29.8 Å². The van der Waals surface area contributed by atoms with Crippen molar-refractivity contribution in [2.24, 2.45) is 0 Å². The fourth-order valence-corrected chi connectivity index (χ4v) is 2.40. The molecule has 7 heteroatoms. The summed E-state index contributed by atoms with van der Waals surface area (Å²) < 4.78 is 0. The Morgan fingerprint density at radius 1 is 1.38 bits per heavy atom. The minimum Gasteiger partial charge on any atom is -0.383 e. The van der Waals surface area contributed by atoms with Crippen LogP contribution in [0.25, 0.3) is 22.7 Å². The first-order valence-corrected chi connectivity index (χ1v) is 7.15. The molecule has 0 saturated carbocycles. The number of nitriles is 1. The average Bonchev–Trinajstić information content (AvgIpc) is 3.03. The zero-order valence-corrected chi connectivity index (χ0v) is 12.8. The molecular formula is C17H13N5O2. The quantitative estimate of drug-likeness (QED) is 0.434. The van der Waals surface area contributed by atoms with E-state index in [0.29, 0.717) is 22.6 Å². The van der Waals surface area contributed by atoms with Gasteiger partial charge in [-0.15, -0.1) is 0 Å². The van der Waals surface area contributed by atoms with E-state index in [9.17, 15) is 15.4 Å². The molecule has 0 amide bonds. The molecular weight excluding hydrogens is 306 g/mol. The van der Waals surface area contributed by atoms with Gasteiger partial charge in [0.15, 0.2) is 0 Å². The molecule has 0 aliphatic carbocycles. The van der Waals surface area contributed by atoms with E-state index in [1.54, 1.807) is 25.3 Å². The third-order valence-electron chi connectivity index (χ3n) is 3.56. The van der Waals surface area contributed by atoms with Crippen molar-refractivity contribution in [3.8, 4) is 6.07 Å². The van der Waals surface area contributed by atoms with E-state index < -0.39 is 4.92 Å². The predicted molar refractivity (Wildman–Crippen MR) is 92.2 cm³/mol. The van der Waals surface area contributed by atoms with Crippen molar-refractivity contribution in [1.82, 2.24) is 9.97 Å². The molecule has 0 unspecified atom stereocenters. The maximum absolute atomic E-state index is 11.1. The molecule has 0 saturated heterocycles. The maximum Gasteiger partial charge on any atom is 0.292 e. The normalized spacial score (nSPS) is 11.2. The predicted octanol–water partition coefficient (Wildman–Crippen LogP) is 3.58. The highest BCUT2D eigenvalue weighted by atomic mass is 16.6. The zero-order valence-electron chi connectivity index (χ0n) is 12.8. The molecule has 2 aromatic carbocycles. The number of H-pyrrole nitrogens is 1. The molecule has 2 N–H and O–H groups in total. The molecule has 0 atom stereocenters. The van der Waals surface area contributed by atoms with Crippen LogP contribution in [0.5, 0.6) is 0 Å². The molecule has 3 aromatic rings. The van der Waals surface area contributed by atoms with Crippen molar-refractivity contribution >= 4 is 34.1 Å². The largest absolute Gasteiger partial charge is 0.383 e. The summed E-state index contributed by atoms with van der Waals surface area (Å²) in [5.41, 5.74) is 2.80. The number of aromatic nitrogens is 2. The zero-order chi connectivity index (χ0) is 17.1. The van der Waals surface area contributed by atoms with Crippen LogP contribution in [0.1, 0.15) is 11.4 Å². The van der Waals surface area contributed by atoms with E-state index in [2.05, 4.69) is 21.4 Å². The van der Waals surface area contributed by atoms with Gasteiger partial charge in [0.2, 0.25) is 0 Å². The summed E-state index contributed by atoms with van der Waals surface area (Å²) in [7, 11) is 1.62. The van der Waals surface area contributed by atoms with Gasteiger partial charge in [0, 0.05) is 13.1 Å². The number of hydrogen-bond donors (Lipinski definition) is 2. The number of allylic oxidation sites excluding steroid dienone is 1. The number of nitrogens with one attached hydrogen (secondary N) is 2. The Morgan fingerprint density at radius 3 is 2.83 bits per heavy atom. The van der Waals surface area contributed by atoms with Gasteiger partial charge in [0.05, 0.1) is 21.5 Å². The fourth-order valence-electron chi connectivity index (χ4n) is 2.40. The molecule has 24 heavy (non-hydrogen) atoms. The topological polar surface area (TPSA) is 108 Å². The molecule has 0 radical (unpaired) electrons. The Hall–Kier alpha value is -3.66. The summed E-state index contributed by atoms with van der Waals surface area (Å²) >= 11 is 0. The number of hydrogen-bond acceptors (Lipinski definition) is 5. The number of aromatic amines is 1. The molecule has 0 aliphatic heterocycles. The van der Waals surface area contributed by atoms with Crippen LogP contribution in [0.15, 0.2) is 42.5 Å². The van der Waals surface area contributed by atoms with Crippen molar-refractivity contribution < 1.29 is 4.92 Å². The summed E-state index contributed by atoms with van der Waals surface area (Å²) in [6, 6.07) is 14.3. The molecule has 7 nitrogen and oxygen atoms in total. The van der Waals surface area contributed by atoms with Crippen LogP contribution in [-0.4, -0.2) is 21.9 Å². The van der Waals surface area contributed by atoms with E-state index >= 15 is 0 Å². The van der Waals surface area contributed by atoms with Crippen LogP contribution >= 0.6 is 0 Å². The molecule has 118 valence electrons. The van der Waals surface area contributed by atoms with Crippen LogP contribution in [0.3, 0.4) is 0 Å². The monoisotopic (exact) mass is 319 g/mol. The van der Waals surface area contributed by atoms with Crippen LogP contribution in [-0.2, 0) is 0 Å². The van der Waals surface area contributed by atoms with Crippen LogP contribution in [0, 0.1) is 21.4 Å². The second kappa shape index (κ2) is 6.22. The number of rotatable bonds is 4. The fraction of sp³-hybridized carbons (Fsp3) is 0.0588. The number of nitro groups is 1. The molecule has 0 aliphatic rings. The van der Waals surface area contributed by atoms with Gasteiger partial charge in [0.1, 0.15) is 17.6 Å². The van der Waals surface area contributed by atoms with Crippen LogP contribution in [0.4, 0.5) is 11.4 Å². The van der Waals surface area contributed by atoms with Gasteiger partial charge in [0.25, 0.3) is 5.69 Å².